The van der Waals surface area contributed by atoms with E-state index in [4.69, 9.17) is 0 Å². The van der Waals surface area contributed by atoms with Crippen molar-refractivity contribution in [2.24, 2.45) is 5.92 Å². The third-order valence-corrected chi connectivity index (χ3v) is 2.66. The molecule has 1 aliphatic rings. The molecular weight excluding hydrogens is 143 g/mol. The van der Waals surface area contributed by atoms with Crippen molar-refractivity contribution in [3.63, 3.8) is 0 Å². The van der Waals surface area contributed by atoms with E-state index in [1.54, 1.807) is 0 Å². The zero-order valence-corrected chi connectivity index (χ0v) is 8.74. The fourth-order valence-electron chi connectivity index (χ4n) is 1.47. The Morgan fingerprint density at radius 2 is 2.30 bits per heavy atom. The quantitative estimate of drug-likeness (QED) is 0.466. The molecule has 0 aromatic carbocycles. The SMILES string of the molecule is CC1=C(F)C([SiH3])=C[C@H](C)C1. The molecule has 0 fully saturated rings. The summed E-state index contributed by atoms with van der Waals surface area (Å²) in [6.45, 7) is 4.02. The summed E-state index contributed by atoms with van der Waals surface area (Å²) < 4.78 is 13.0. The topological polar surface area (TPSA) is 0 Å². The van der Waals surface area contributed by atoms with Gasteiger partial charge in [0.2, 0.25) is 0 Å². The molecule has 0 aromatic heterocycles. The molecule has 1 rings (SSSR count). The van der Waals surface area contributed by atoms with Gasteiger partial charge in [0.05, 0.1) is 0 Å². The van der Waals surface area contributed by atoms with Crippen LogP contribution < -0.4 is 0 Å². The maximum Gasteiger partial charge on any atom is 0.120 e. The smallest absolute Gasteiger partial charge is 0.120 e. The highest BCUT2D eigenvalue weighted by Crippen LogP contribution is 2.27. The van der Waals surface area contributed by atoms with Gasteiger partial charge in [0.1, 0.15) is 5.83 Å². The molecule has 1 aliphatic carbocycles. The third kappa shape index (κ3) is 1.37. The summed E-state index contributed by atoms with van der Waals surface area (Å²) >= 11 is 0. The van der Waals surface area contributed by atoms with Gasteiger partial charge in [0.25, 0.3) is 0 Å². The Morgan fingerprint density at radius 1 is 1.70 bits per heavy atom. The first-order valence-electron chi connectivity index (χ1n) is 3.65. The standard InChI is InChI=1S/C8H13FSi/c1-5-3-6(2)8(9)7(10)4-5/h4-5H,3H2,1-2,10H3/t5-/m1/s1. The Labute approximate surface area is 64.2 Å². The summed E-state index contributed by atoms with van der Waals surface area (Å²) in [4.78, 5) is 0. The van der Waals surface area contributed by atoms with Crippen LogP contribution in [0.5, 0.6) is 0 Å². The highest BCUT2D eigenvalue weighted by Gasteiger charge is 2.12. The van der Waals surface area contributed by atoms with Crippen LogP contribution in [0.2, 0.25) is 0 Å². The van der Waals surface area contributed by atoms with Crippen molar-refractivity contribution in [2.75, 3.05) is 0 Å². The number of allylic oxidation sites excluding steroid dienone is 4. The van der Waals surface area contributed by atoms with Crippen molar-refractivity contribution in [3.8, 4) is 0 Å². The number of rotatable bonds is 0. The fourth-order valence-corrected chi connectivity index (χ4v) is 2.46. The number of hydrogen-bond donors (Lipinski definition) is 0. The van der Waals surface area contributed by atoms with Crippen LogP contribution in [0.25, 0.3) is 0 Å². The summed E-state index contributed by atoms with van der Waals surface area (Å²) in [5, 5.41) is 0.941. The first-order chi connectivity index (χ1) is 4.61. The second kappa shape index (κ2) is 2.70. The van der Waals surface area contributed by atoms with Gasteiger partial charge in [-0.2, -0.15) is 0 Å². The Bertz CT molecular complexity index is 203. The molecule has 10 heavy (non-hydrogen) atoms. The molecule has 0 radical (unpaired) electrons. The Kier molecular flexibility index (Phi) is 2.09. The molecule has 0 amide bonds. The first kappa shape index (κ1) is 7.73. The molecule has 0 bridgehead atoms. The van der Waals surface area contributed by atoms with Crippen LogP contribution in [0, 0.1) is 5.92 Å². The molecule has 0 saturated carbocycles. The van der Waals surface area contributed by atoms with E-state index in [2.05, 4.69) is 13.0 Å². The number of hydrogen-bond acceptors (Lipinski definition) is 0. The second-order valence-corrected chi connectivity index (χ2v) is 4.20. The minimum absolute atomic E-state index is 0.0600. The maximum atomic E-state index is 13.0. The van der Waals surface area contributed by atoms with Crippen LogP contribution in [0.15, 0.2) is 22.7 Å². The van der Waals surface area contributed by atoms with Crippen LogP contribution in [-0.2, 0) is 0 Å². The van der Waals surface area contributed by atoms with Gasteiger partial charge in [-0.25, -0.2) is 4.39 Å². The lowest BCUT2D eigenvalue weighted by molar-refractivity contribution is 0.596. The molecule has 0 spiro atoms. The van der Waals surface area contributed by atoms with Crippen LogP contribution in [0.3, 0.4) is 0 Å². The van der Waals surface area contributed by atoms with E-state index in [9.17, 15) is 4.39 Å². The number of halogens is 1. The highest BCUT2D eigenvalue weighted by molar-refractivity contribution is 6.24. The molecule has 0 N–H and O–H groups in total. The molecule has 56 valence electrons. The van der Waals surface area contributed by atoms with Crippen molar-refractivity contribution in [1.82, 2.24) is 0 Å². The van der Waals surface area contributed by atoms with Crippen molar-refractivity contribution in [2.45, 2.75) is 20.3 Å². The average molecular weight is 156 g/mol. The van der Waals surface area contributed by atoms with Crippen LogP contribution >= 0.6 is 0 Å². The molecule has 0 aliphatic heterocycles. The lowest BCUT2D eigenvalue weighted by Gasteiger charge is -2.15. The maximum absolute atomic E-state index is 13.0. The van der Waals surface area contributed by atoms with E-state index in [1.807, 2.05) is 6.92 Å². The summed E-state index contributed by atoms with van der Waals surface area (Å²) in [5.74, 6) is 0.608. The lowest BCUT2D eigenvalue weighted by Crippen LogP contribution is -2.02. The first-order valence-corrected chi connectivity index (χ1v) is 4.65. The van der Waals surface area contributed by atoms with Gasteiger partial charge in [0, 0.05) is 10.2 Å². The normalized spacial score (nSPS) is 27.1. The van der Waals surface area contributed by atoms with Crippen molar-refractivity contribution in [1.29, 1.82) is 0 Å². The molecule has 2 heteroatoms. The minimum atomic E-state index is 0.0600. The largest absolute Gasteiger partial charge is 0.207 e. The Hall–Kier alpha value is -0.373. The molecule has 1 atom stereocenters. The van der Waals surface area contributed by atoms with Crippen molar-refractivity contribution >= 4 is 10.2 Å². The molecule has 0 aromatic rings. The van der Waals surface area contributed by atoms with E-state index >= 15 is 0 Å². The van der Waals surface area contributed by atoms with Crippen LogP contribution in [-0.4, -0.2) is 10.2 Å². The highest BCUT2D eigenvalue weighted by atomic mass is 28.1. The Morgan fingerprint density at radius 3 is 2.80 bits per heavy atom. The predicted octanol–water partition coefficient (Wildman–Crippen LogP) is 1.52. The van der Waals surface area contributed by atoms with E-state index < -0.39 is 0 Å². The van der Waals surface area contributed by atoms with Gasteiger partial charge >= 0.3 is 0 Å². The Balaban J connectivity index is 2.90. The van der Waals surface area contributed by atoms with E-state index in [-0.39, 0.29) is 5.83 Å². The lowest BCUT2D eigenvalue weighted by atomic mass is 9.96. The van der Waals surface area contributed by atoms with Crippen molar-refractivity contribution in [3.05, 3.63) is 22.7 Å². The summed E-state index contributed by atoms with van der Waals surface area (Å²) in [7, 11) is 0.839. The molecule has 0 nitrogen and oxygen atoms in total. The van der Waals surface area contributed by atoms with Crippen molar-refractivity contribution < 1.29 is 4.39 Å². The van der Waals surface area contributed by atoms with Gasteiger partial charge < -0.3 is 0 Å². The third-order valence-electron chi connectivity index (χ3n) is 1.88. The summed E-state index contributed by atoms with van der Waals surface area (Å²) in [6.07, 6.45) is 2.95. The summed E-state index contributed by atoms with van der Waals surface area (Å²) in [6, 6.07) is 0. The molecule has 0 heterocycles. The van der Waals surface area contributed by atoms with Gasteiger partial charge in [0.15, 0.2) is 0 Å². The predicted molar refractivity (Wildman–Crippen MR) is 45.6 cm³/mol. The molecule has 0 saturated heterocycles. The zero-order chi connectivity index (χ0) is 7.72. The van der Waals surface area contributed by atoms with Crippen LogP contribution in [0.1, 0.15) is 20.3 Å². The fraction of sp³-hybridized carbons (Fsp3) is 0.500. The second-order valence-electron chi connectivity index (χ2n) is 3.13. The van der Waals surface area contributed by atoms with E-state index in [1.165, 1.54) is 0 Å². The van der Waals surface area contributed by atoms with Crippen LogP contribution in [0.4, 0.5) is 4.39 Å². The van der Waals surface area contributed by atoms with Gasteiger partial charge in [-0.3, -0.25) is 0 Å². The van der Waals surface area contributed by atoms with E-state index in [0.717, 1.165) is 27.4 Å². The molecule has 0 unspecified atom stereocenters. The van der Waals surface area contributed by atoms with Gasteiger partial charge in [-0.05, 0) is 30.0 Å². The summed E-state index contributed by atoms with van der Waals surface area (Å²) in [5.41, 5.74) is 0.931. The monoisotopic (exact) mass is 156 g/mol. The minimum Gasteiger partial charge on any atom is -0.207 e. The van der Waals surface area contributed by atoms with E-state index in [0.29, 0.717) is 5.92 Å². The van der Waals surface area contributed by atoms with Gasteiger partial charge in [-0.1, -0.05) is 13.0 Å². The molecular formula is C8H13FSi. The average Bonchev–Trinajstić information content (AvgIpc) is 1.82. The zero-order valence-electron chi connectivity index (χ0n) is 6.74. The van der Waals surface area contributed by atoms with Gasteiger partial charge in [-0.15, -0.1) is 0 Å².